The number of para-hydroxylation sites is 1. The van der Waals surface area contributed by atoms with Gasteiger partial charge in [0.15, 0.2) is 0 Å². The molecule has 0 bridgehead atoms. The molecular formula is C20H23FN4O3S. The molecule has 0 unspecified atom stereocenters. The molecule has 154 valence electrons. The minimum absolute atomic E-state index is 0.206. The second kappa shape index (κ2) is 7.90. The van der Waals surface area contributed by atoms with Crippen molar-refractivity contribution < 1.29 is 17.5 Å². The van der Waals surface area contributed by atoms with Gasteiger partial charge in [0.2, 0.25) is 5.96 Å². The van der Waals surface area contributed by atoms with Crippen LogP contribution >= 0.6 is 0 Å². The van der Waals surface area contributed by atoms with E-state index in [1.54, 1.807) is 36.4 Å². The first kappa shape index (κ1) is 19.5. The normalized spacial score (nSPS) is 17.4. The predicted molar refractivity (Wildman–Crippen MR) is 109 cm³/mol. The first-order valence-corrected chi connectivity index (χ1v) is 10.9. The SMILES string of the molecule is COc1ccc(S(=O)(=O)N2CCN=C2N2CCN(c3ccccc3F)CC2)cc1. The van der Waals surface area contributed by atoms with Gasteiger partial charge in [0, 0.05) is 26.2 Å². The Hall–Kier alpha value is -2.81. The van der Waals surface area contributed by atoms with E-state index in [1.807, 2.05) is 15.9 Å². The van der Waals surface area contributed by atoms with Gasteiger partial charge >= 0.3 is 0 Å². The molecule has 0 spiro atoms. The predicted octanol–water partition coefficient (Wildman–Crippen LogP) is 2.02. The standard InChI is InChI=1S/C20H23FN4O3S/c1-28-16-6-8-17(9-7-16)29(26,27)25-11-10-22-20(25)24-14-12-23(13-15-24)19-5-3-2-4-18(19)21/h2-9H,10-15H2,1H3. The Morgan fingerprint density at radius 3 is 2.24 bits per heavy atom. The van der Waals surface area contributed by atoms with Gasteiger partial charge in [-0.1, -0.05) is 12.1 Å². The first-order valence-electron chi connectivity index (χ1n) is 9.46. The number of hydrogen-bond acceptors (Lipinski definition) is 6. The maximum atomic E-state index is 14.1. The van der Waals surface area contributed by atoms with Gasteiger partial charge in [-0.3, -0.25) is 4.99 Å². The van der Waals surface area contributed by atoms with Crippen LogP contribution in [-0.2, 0) is 10.0 Å². The van der Waals surface area contributed by atoms with Crippen molar-refractivity contribution in [2.45, 2.75) is 4.90 Å². The van der Waals surface area contributed by atoms with Crippen molar-refractivity contribution >= 4 is 21.7 Å². The second-order valence-corrected chi connectivity index (χ2v) is 8.72. The van der Waals surface area contributed by atoms with E-state index >= 15 is 0 Å². The molecule has 0 amide bonds. The number of benzene rings is 2. The van der Waals surface area contributed by atoms with Crippen molar-refractivity contribution in [3.63, 3.8) is 0 Å². The molecule has 2 aromatic rings. The summed E-state index contributed by atoms with van der Waals surface area (Å²) >= 11 is 0. The van der Waals surface area contributed by atoms with E-state index in [-0.39, 0.29) is 10.7 Å². The van der Waals surface area contributed by atoms with Crippen molar-refractivity contribution in [1.82, 2.24) is 9.21 Å². The zero-order valence-corrected chi connectivity index (χ0v) is 17.0. The van der Waals surface area contributed by atoms with Crippen molar-refractivity contribution in [2.75, 3.05) is 51.3 Å². The molecule has 0 saturated carbocycles. The zero-order chi connectivity index (χ0) is 20.4. The summed E-state index contributed by atoms with van der Waals surface area (Å²) in [6.45, 7) is 3.08. The highest BCUT2D eigenvalue weighted by molar-refractivity contribution is 7.89. The number of aliphatic imine (C=N–C) groups is 1. The molecule has 0 aromatic heterocycles. The van der Waals surface area contributed by atoms with E-state index in [4.69, 9.17) is 4.74 Å². The summed E-state index contributed by atoms with van der Waals surface area (Å²) in [6, 6.07) is 13.0. The van der Waals surface area contributed by atoms with Crippen LogP contribution in [0.4, 0.5) is 10.1 Å². The number of ether oxygens (including phenoxy) is 1. The fourth-order valence-electron chi connectivity index (χ4n) is 3.64. The van der Waals surface area contributed by atoms with E-state index in [1.165, 1.54) is 17.5 Å². The molecule has 2 heterocycles. The summed E-state index contributed by atoms with van der Waals surface area (Å²) in [4.78, 5) is 8.60. The van der Waals surface area contributed by atoms with Crippen molar-refractivity contribution in [3.8, 4) is 5.75 Å². The van der Waals surface area contributed by atoms with Gasteiger partial charge in [0.1, 0.15) is 11.6 Å². The van der Waals surface area contributed by atoms with Crippen LogP contribution in [-0.4, -0.2) is 70.0 Å². The van der Waals surface area contributed by atoms with Gasteiger partial charge < -0.3 is 14.5 Å². The van der Waals surface area contributed by atoms with Crippen molar-refractivity contribution in [3.05, 3.63) is 54.3 Å². The Balaban J connectivity index is 1.48. The quantitative estimate of drug-likeness (QED) is 0.760. The Morgan fingerprint density at radius 1 is 0.931 bits per heavy atom. The van der Waals surface area contributed by atoms with Crippen LogP contribution in [0.2, 0.25) is 0 Å². The summed E-state index contributed by atoms with van der Waals surface area (Å²) in [5.74, 6) is 0.820. The van der Waals surface area contributed by atoms with Crippen LogP contribution in [0.15, 0.2) is 58.4 Å². The molecule has 29 heavy (non-hydrogen) atoms. The number of piperazine rings is 1. The van der Waals surface area contributed by atoms with Gasteiger partial charge in [0.05, 0.1) is 30.8 Å². The topological polar surface area (TPSA) is 65.5 Å². The lowest BCUT2D eigenvalue weighted by atomic mass is 10.2. The van der Waals surface area contributed by atoms with Crippen LogP contribution in [0.3, 0.4) is 0 Å². The second-order valence-electron chi connectivity index (χ2n) is 6.86. The van der Waals surface area contributed by atoms with E-state index in [9.17, 15) is 12.8 Å². The summed E-state index contributed by atoms with van der Waals surface area (Å²) < 4.78 is 46.8. The van der Waals surface area contributed by atoms with E-state index in [2.05, 4.69) is 4.99 Å². The Labute approximate surface area is 170 Å². The highest BCUT2D eigenvalue weighted by Gasteiger charge is 2.35. The molecular weight excluding hydrogens is 395 g/mol. The van der Waals surface area contributed by atoms with E-state index in [0.717, 1.165) is 0 Å². The third kappa shape index (κ3) is 3.74. The number of rotatable bonds is 4. The van der Waals surface area contributed by atoms with Crippen LogP contribution in [0.1, 0.15) is 0 Å². The largest absolute Gasteiger partial charge is 0.497 e. The molecule has 2 aromatic carbocycles. The minimum atomic E-state index is -3.70. The summed E-state index contributed by atoms with van der Waals surface area (Å²) in [6.07, 6.45) is 0. The first-order chi connectivity index (χ1) is 14.0. The van der Waals surface area contributed by atoms with E-state index in [0.29, 0.717) is 56.7 Å². The highest BCUT2D eigenvalue weighted by Crippen LogP contribution is 2.25. The molecule has 1 saturated heterocycles. The van der Waals surface area contributed by atoms with Gasteiger partial charge in [-0.25, -0.2) is 17.1 Å². The van der Waals surface area contributed by atoms with Crippen LogP contribution in [0.5, 0.6) is 5.75 Å². The maximum Gasteiger partial charge on any atom is 0.266 e. The highest BCUT2D eigenvalue weighted by atomic mass is 32.2. The zero-order valence-electron chi connectivity index (χ0n) is 16.2. The summed E-state index contributed by atoms with van der Waals surface area (Å²) in [7, 11) is -2.17. The van der Waals surface area contributed by atoms with Gasteiger partial charge in [0.25, 0.3) is 10.0 Å². The molecule has 0 N–H and O–H groups in total. The average Bonchev–Trinajstić information content (AvgIpc) is 3.25. The van der Waals surface area contributed by atoms with Crippen LogP contribution in [0, 0.1) is 5.82 Å². The van der Waals surface area contributed by atoms with Crippen molar-refractivity contribution in [1.29, 1.82) is 0 Å². The van der Waals surface area contributed by atoms with Crippen LogP contribution < -0.4 is 9.64 Å². The number of anilines is 1. The van der Waals surface area contributed by atoms with E-state index < -0.39 is 10.0 Å². The molecule has 0 aliphatic carbocycles. The third-order valence-corrected chi connectivity index (χ3v) is 6.98. The number of methoxy groups -OCH3 is 1. The minimum Gasteiger partial charge on any atom is -0.497 e. The van der Waals surface area contributed by atoms with Gasteiger partial charge in [-0.2, -0.15) is 0 Å². The Kier molecular flexibility index (Phi) is 5.31. The number of sulfonamides is 1. The fourth-order valence-corrected chi connectivity index (χ4v) is 5.08. The third-order valence-electron chi connectivity index (χ3n) is 5.18. The fraction of sp³-hybridized carbons (Fsp3) is 0.350. The molecule has 9 heteroatoms. The Morgan fingerprint density at radius 2 is 1.59 bits per heavy atom. The van der Waals surface area contributed by atoms with Gasteiger partial charge in [-0.15, -0.1) is 0 Å². The smallest absolute Gasteiger partial charge is 0.266 e. The summed E-state index contributed by atoms with van der Waals surface area (Å²) in [5, 5.41) is 0. The molecule has 4 rings (SSSR count). The number of hydrogen-bond donors (Lipinski definition) is 0. The molecule has 0 radical (unpaired) electrons. The molecule has 2 aliphatic rings. The molecule has 0 atom stereocenters. The lowest BCUT2D eigenvalue weighted by molar-refractivity contribution is 0.356. The molecule has 7 nitrogen and oxygen atoms in total. The van der Waals surface area contributed by atoms with Crippen molar-refractivity contribution in [2.24, 2.45) is 4.99 Å². The Bertz CT molecular complexity index is 1000. The maximum absolute atomic E-state index is 14.1. The summed E-state index contributed by atoms with van der Waals surface area (Å²) in [5.41, 5.74) is 0.572. The molecule has 2 aliphatic heterocycles. The monoisotopic (exact) mass is 418 g/mol. The molecule has 1 fully saturated rings. The lowest BCUT2D eigenvalue weighted by Crippen LogP contribution is -2.53. The average molecular weight is 418 g/mol. The lowest BCUT2D eigenvalue weighted by Gasteiger charge is -2.38. The number of nitrogens with zero attached hydrogens (tertiary/aromatic N) is 4. The van der Waals surface area contributed by atoms with Crippen LogP contribution in [0.25, 0.3) is 0 Å². The number of halogens is 1. The number of guanidine groups is 1. The van der Waals surface area contributed by atoms with Gasteiger partial charge in [-0.05, 0) is 36.4 Å².